The van der Waals surface area contributed by atoms with E-state index in [0.29, 0.717) is 30.3 Å². The summed E-state index contributed by atoms with van der Waals surface area (Å²) in [6.07, 6.45) is 2.73. The summed E-state index contributed by atoms with van der Waals surface area (Å²) >= 11 is 0. The first-order valence-electron chi connectivity index (χ1n) is 7.44. The van der Waals surface area contributed by atoms with E-state index < -0.39 is 0 Å². The van der Waals surface area contributed by atoms with E-state index in [1.54, 1.807) is 11.6 Å². The molecule has 2 aliphatic rings. The van der Waals surface area contributed by atoms with Crippen molar-refractivity contribution in [2.75, 3.05) is 13.2 Å². The Morgan fingerprint density at radius 1 is 1.38 bits per heavy atom. The number of carbonyl (C=O) groups excluding carboxylic acids is 2. The van der Waals surface area contributed by atoms with Gasteiger partial charge >= 0.3 is 5.97 Å². The van der Waals surface area contributed by atoms with Crippen molar-refractivity contribution in [2.24, 2.45) is 13.0 Å². The second-order valence-electron chi connectivity index (χ2n) is 6.12. The minimum Gasteiger partial charge on any atom is -0.462 e. The van der Waals surface area contributed by atoms with Crippen molar-refractivity contribution >= 4 is 11.9 Å². The maximum atomic E-state index is 12.2. The SMILES string of the molecule is Cc1nn(C)c(C)c1C(=O)OCC1CC(=O)N(C2CC2)C1. The topological polar surface area (TPSA) is 64.4 Å². The van der Waals surface area contributed by atoms with Gasteiger partial charge in [0.25, 0.3) is 0 Å². The van der Waals surface area contributed by atoms with E-state index in [4.69, 9.17) is 4.74 Å². The molecule has 1 atom stereocenters. The number of hydrogen-bond donors (Lipinski definition) is 0. The molecule has 1 aromatic rings. The number of aryl methyl sites for hydroxylation is 2. The molecular formula is C15H21N3O3. The van der Waals surface area contributed by atoms with Gasteiger partial charge in [-0.2, -0.15) is 5.10 Å². The quantitative estimate of drug-likeness (QED) is 0.782. The highest BCUT2D eigenvalue weighted by Gasteiger charge is 2.39. The maximum absolute atomic E-state index is 12.2. The molecule has 1 aliphatic heterocycles. The van der Waals surface area contributed by atoms with Crippen LogP contribution in [0.3, 0.4) is 0 Å². The number of esters is 1. The zero-order valence-electron chi connectivity index (χ0n) is 12.8. The smallest absolute Gasteiger partial charge is 0.341 e. The van der Waals surface area contributed by atoms with Crippen LogP contribution in [0, 0.1) is 19.8 Å². The van der Waals surface area contributed by atoms with Crippen LogP contribution >= 0.6 is 0 Å². The highest BCUT2D eigenvalue weighted by Crippen LogP contribution is 2.32. The number of likely N-dealkylation sites (tertiary alicyclic amines) is 1. The van der Waals surface area contributed by atoms with Crippen LogP contribution < -0.4 is 0 Å². The lowest BCUT2D eigenvalue weighted by molar-refractivity contribution is -0.128. The summed E-state index contributed by atoms with van der Waals surface area (Å²) in [5, 5.41) is 4.22. The summed E-state index contributed by atoms with van der Waals surface area (Å²) in [6.45, 7) is 4.69. The molecule has 1 aromatic heterocycles. The molecule has 0 radical (unpaired) electrons. The van der Waals surface area contributed by atoms with Crippen LogP contribution in [0.15, 0.2) is 0 Å². The Labute approximate surface area is 124 Å². The van der Waals surface area contributed by atoms with Crippen LogP contribution in [-0.4, -0.2) is 45.8 Å². The third kappa shape index (κ3) is 2.66. The van der Waals surface area contributed by atoms with Gasteiger partial charge in [-0.15, -0.1) is 0 Å². The second kappa shape index (κ2) is 5.16. The average molecular weight is 291 g/mol. The largest absolute Gasteiger partial charge is 0.462 e. The predicted molar refractivity (Wildman–Crippen MR) is 75.8 cm³/mol. The van der Waals surface area contributed by atoms with Crippen molar-refractivity contribution in [2.45, 2.75) is 39.2 Å². The molecule has 6 nitrogen and oxygen atoms in total. The number of ether oxygens (including phenoxy) is 1. The molecule has 1 aliphatic carbocycles. The first kappa shape index (κ1) is 14.1. The van der Waals surface area contributed by atoms with Crippen LogP contribution in [0.4, 0.5) is 0 Å². The predicted octanol–water partition coefficient (Wildman–Crippen LogP) is 1.20. The Morgan fingerprint density at radius 2 is 2.10 bits per heavy atom. The van der Waals surface area contributed by atoms with E-state index in [1.807, 2.05) is 18.9 Å². The average Bonchev–Trinajstić information content (AvgIpc) is 3.14. The van der Waals surface area contributed by atoms with E-state index in [-0.39, 0.29) is 17.8 Å². The molecule has 0 bridgehead atoms. The number of aromatic nitrogens is 2. The van der Waals surface area contributed by atoms with Gasteiger partial charge < -0.3 is 9.64 Å². The molecule has 2 fully saturated rings. The van der Waals surface area contributed by atoms with E-state index >= 15 is 0 Å². The fourth-order valence-corrected chi connectivity index (χ4v) is 2.99. The summed E-state index contributed by atoms with van der Waals surface area (Å²) in [4.78, 5) is 26.0. The van der Waals surface area contributed by atoms with Crippen LogP contribution in [-0.2, 0) is 16.6 Å². The standard InChI is InChI=1S/C15H21N3O3/c1-9-14(10(2)17(3)16-9)15(20)21-8-11-6-13(19)18(7-11)12-4-5-12/h11-12H,4-8H2,1-3H3. The fourth-order valence-electron chi connectivity index (χ4n) is 2.99. The van der Waals surface area contributed by atoms with Crippen molar-refractivity contribution in [3.63, 3.8) is 0 Å². The molecule has 6 heteroatoms. The first-order valence-corrected chi connectivity index (χ1v) is 7.44. The Bertz CT molecular complexity index is 589. The third-order valence-corrected chi connectivity index (χ3v) is 4.39. The Balaban J connectivity index is 1.58. The van der Waals surface area contributed by atoms with Gasteiger partial charge in [0, 0.05) is 37.7 Å². The maximum Gasteiger partial charge on any atom is 0.341 e. The summed E-state index contributed by atoms with van der Waals surface area (Å²) < 4.78 is 7.09. The molecule has 21 heavy (non-hydrogen) atoms. The Kier molecular flexibility index (Phi) is 3.47. The van der Waals surface area contributed by atoms with Gasteiger partial charge in [0.1, 0.15) is 5.56 Å². The lowest BCUT2D eigenvalue weighted by atomic mass is 10.1. The first-order chi connectivity index (χ1) is 9.97. The van der Waals surface area contributed by atoms with E-state index in [9.17, 15) is 9.59 Å². The molecule has 1 unspecified atom stereocenters. The normalized spacial score (nSPS) is 22.0. The molecule has 1 saturated heterocycles. The monoisotopic (exact) mass is 291 g/mol. The van der Waals surface area contributed by atoms with Crippen molar-refractivity contribution in [3.8, 4) is 0 Å². The molecule has 0 aromatic carbocycles. The van der Waals surface area contributed by atoms with Crippen molar-refractivity contribution in [1.82, 2.24) is 14.7 Å². The van der Waals surface area contributed by atoms with Crippen LogP contribution in [0.25, 0.3) is 0 Å². The van der Waals surface area contributed by atoms with Crippen molar-refractivity contribution in [1.29, 1.82) is 0 Å². The van der Waals surface area contributed by atoms with Crippen LogP contribution in [0.2, 0.25) is 0 Å². The number of hydrogen-bond acceptors (Lipinski definition) is 4. The minimum atomic E-state index is -0.338. The second-order valence-corrected chi connectivity index (χ2v) is 6.12. The van der Waals surface area contributed by atoms with Crippen molar-refractivity contribution in [3.05, 3.63) is 17.0 Å². The van der Waals surface area contributed by atoms with E-state index in [1.165, 1.54) is 0 Å². The lowest BCUT2D eigenvalue weighted by Gasteiger charge is -2.15. The van der Waals surface area contributed by atoms with Gasteiger partial charge in [-0.3, -0.25) is 9.48 Å². The zero-order chi connectivity index (χ0) is 15.1. The highest BCUT2D eigenvalue weighted by molar-refractivity contribution is 5.91. The van der Waals surface area contributed by atoms with Gasteiger partial charge in [-0.25, -0.2) is 4.79 Å². The van der Waals surface area contributed by atoms with Gasteiger partial charge in [0.2, 0.25) is 5.91 Å². The Hall–Kier alpha value is -1.85. The fraction of sp³-hybridized carbons (Fsp3) is 0.667. The summed E-state index contributed by atoms with van der Waals surface area (Å²) in [5.41, 5.74) is 2.03. The summed E-state index contributed by atoms with van der Waals surface area (Å²) in [7, 11) is 1.81. The molecule has 0 spiro atoms. The van der Waals surface area contributed by atoms with Gasteiger partial charge in [-0.05, 0) is 26.7 Å². The van der Waals surface area contributed by atoms with Gasteiger partial charge in [-0.1, -0.05) is 0 Å². The Morgan fingerprint density at radius 3 is 2.67 bits per heavy atom. The van der Waals surface area contributed by atoms with E-state index in [2.05, 4.69) is 5.10 Å². The number of amides is 1. The molecule has 0 N–H and O–H groups in total. The lowest BCUT2D eigenvalue weighted by Crippen LogP contribution is -2.28. The molecule has 114 valence electrons. The molecular weight excluding hydrogens is 270 g/mol. The van der Waals surface area contributed by atoms with E-state index in [0.717, 1.165) is 25.1 Å². The molecule has 1 saturated carbocycles. The van der Waals surface area contributed by atoms with Gasteiger partial charge in [0.05, 0.1) is 12.3 Å². The molecule has 3 rings (SSSR count). The van der Waals surface area contributed by atoms with Crippen LogP contribution in [0.1, 0.15) is 41.0 Å². The minimum absolute atomic E-state index is 0.124. The summed E-state index contributed by atoms with van der Waals surface area (Å²) in [6, 6.07) is 0.445. The third-order valence-electron chi connectivity index (χ3n) is 4.39. The zero-order valence-corrected chi connectivity index (χ0v) is 12.8. The number of carbonyl (C=O) groups is 2. The molecule has 1 amide bonds. The van der Waals surface area contributed by atoms with Crippen LogP contribution in [0.5, 0.6) is 0 Å². The van der Waals surface area contributed by atoms with Crippen molar-refractivity contribution < 1.29 is 14.3 Å². The highest BCUT2D eigenvalue weighted by atomic mass is 16.5. The number of rotatable bonds is 4. The van der Waals surface area contributed by atoms with Gasteiger partial charge in [0.15, 0.2) is 0 Å². The molecule has 2 heterocycles. The summed E-state index contributed by atoms with van der Waals surface area (Å²) in [5.74, 6) is -0.0120. The number of nitrogens with zero attached hydrogens (tertiary/aromatic N) is 3.